The Morgan fingerprint density at radius 2 is 1.43 bits per heavy atom. The molecular formula is C20H24N2O. The van der Waals surface area contributed by atoms with Crippen molar-refractivity contribution in [2.24, 2.45) is 0 Å². The summed E-state index contributed by atoms with van der Waals surface area (Å²) in [6.07, 6.45) is 0.764. The summed E-state index contributed by atoms with van der Waals surface area (Å²) in [4.78, 5) is 2.21. The molecule has 0 radical (unpaired) electrons. The molecule has 0 bridgehead atoms. The van der Waals surface area contributed by atoms with Crippen LogP contribution in [-0.2, 0) is 13.1 Å². The molecule has 0 heterocycles. The zero-order valence-electron chi connectivity index (χ0n) is 13.6. The van der Waals surface area contributed by atoms with Crippen molar-refractivity contribution < 1.29 is 5.11 Å². The highest BCUT2D eigenvalue weighted by atomic mass is 16.3. The van der Waals surface area contributed by atoms with E-state index in [1.165, 1.54) is 11.1 Å². The van der Waals surface area contributed by atoms with Crippen molar-refractivity contribution in [3.05, 3.63) is 71.8 Å². The van der Waals surface area contributed by atoms with Crippen LogP contribution >= 0.6 is 0 Å². The zero-order chi connectivity index (χ0) is 16.5. The van der Waals surface area contributed by atoms with Crippen molar-refractivity contribution in [3.63, 3.8) is 0 Å². The minimum absolute atomic E-state index is 0.162. The van der Waals surface area contributed by atoms with Crippen LogP contribution in [0.15, 0.2) is 60.7 Å². The molecule has 2 aromatic carbocycles. The normalized spacial score (nSPS) is 13.5. The summed E-state index contributed by atoms with van der Waals surface area (Å²) in [7, 11) is 0. The molecule has 0 saturated carbocycles. The molecule has 120 valence electrons. The van der Waals surface area contributed by atoms with Gasteiger partial charge in [0.15, 0.2) is 6.10 Å². The average Bonchev–Trinajstić information content (AvgIpc) is 2.60. The Labute approximate surface area is 138 Å². The first-order valence-electron chi connectivity index (χ1n) is 8.14. The van der Waals surface area contributed by atoms with Crippen molar-refractivity contribution in [2.75, 3.05) is 0 Å². The maximum Gasteiger partial charge on any atom is 0.155 e. The summed E-state index contributed by atoms with van der Waals surface area (Å²) >= 11 is 0. The van der Waals surface area contributed by atoms with Crippen molar-refractivity contribution in [2.45, 2.75) is 45.0 Å². The monoisotopic (exact) mass is 308 g/mol. The SMILES string of the molecule is CCC[C@@H]([C@H](O)C#N)N(Cc1ccccc1)Cc1ccccc1. The number of aliphatic hydroxyl groups is 1. The van der Waals surface area contributed by atoms with Crippen molar-refractivity contribution >= 4 is 0 Å². The molecule has 0 aliphatic heterocycles. The summed E-state index contributed by atoms with van der Waals surface area (Å²) < 4.78 is 0. The van der Waals surface area contributed by atoms with E-state index >= 15 is 0 Å². The standard InChI is InChI=1S/C20H24N2O/c1-2-9-19(20(23)14-21)22(15-17-10-5-3-6-11-17)16-18-12-7-4-8-13-18/h3-8,10-13,19-20,23H,2,9,15-16H2,1H3/t19-,20+/m0/s1. The molecule has 0 aliphatic carbocycles. The number of aliphatic hydroxyl groups excluding tert-OH is 1. The average molecular weight is 308 g/mol. The maximum absolute atomic E-state index is 10.2. The third-order valence-electron chi connectivity index (χ3n) is 4.01. The molecule has 3 heteroatoms. The van der Waals surface area contributed by atoms with Crippen LogP contribution in [0.25, 0.3) is 0 Å². The van der Waals surface area contributed by atoms with Crippen LogP contribution in [0.4, 0.5) is 0 Å². The molecule has 0 amide bonds. The topological polar surface area (TPSA) is 47.3 Å². The molecule has 3 nitrogen and oxygen atoms in total. The minimum atomic E-state index is -0.970. The minimum Gasteiger partial charge on any atom is -0.376 e. The summed E-state index contributed by atoms with van der Waals surface area (Å²) in [5.74, 6) is 0. The van der Waals surface area contributed by atoms with Crippen LogP contribution in [0.3, 0.4) is 0 Å². The molecular weight excluding hydrogens is 284 g/mol. The molecule has 2 aromatic rings. The maximum atomic E-state index is 10.2. The predicted octanol–water partition coefficient (Wildman–Crippen LogP) is 3.74. The van der Waals surface area contributed by atoms with Gasteiger partial charge < -0.3 is 5.11 Å². The van der Waals surface area contributed by atoms with Gasteiger partial charge in [0.05, 0.1) is 6.07 Å². The zero-order valence-corrected chi connectivity index (χ0v) is 13.6. The van der Waals surface area contributed by atoms with Crippen LogP contribution < -0.4 is 0 Å². The van der Waals surface area contributed by atoms with E-state index in [1.54, 1.807) is 0 Å². The van der Waals surface area contributed by atoms with Crippen molar-refractivity contribution in [1.82, 2.24) is 4.90 Å². The largest absolute Gasteiger partial charge is 0.376 e. The van der Waals surface area contributed by atoms with Crippen LogP contribution in [0.1, 0.15) is 30.9 Å². The lowest BCUT2D eigenvalue weighted by Gasteiger charge is -2.32. The Hall–Kier alpha value is -2.15. The van der Waals surface area contributed by atoms with E-state index < -0.39 is 6.10 Å². The number of hydrogen-bond donors (Lipinski definition) is 1. The first-order valence-corrected chi connectivity index (χ1v) is 8.14. The molecule has 2 atom stereocenters. The van der Waals surface area contributed by atoms with Gasteiger partial charge in [-0.3, -0.25) is 4.90 Å². The highest BCUT2D eigenvalue weighted by Gasteiger charge is 2.25. The number of nitrogens with zero attached hydrogens (tertiary/aromatic N) is 2. The van der Waals surface area contributed by atoms with Crippen LogP contribution in [0, 0.1) is 11.3 Å². The summed E-state index contributed by atoms with van der Waals surface area (Å²) in [5, 5.41) is 19.4. The van der Waals surface area contributed by atoms with Crippen molar-refractivity contribution in [1.29, 1.82) is 5.26 Å². The van der Waals surface area contributed by atoms with Gasteiger partial charge in [0.25, 0.3) is 0 Å². The lowest BCUT2D eigenvalue weighted by Crippen LogP contribution is -2.42. The van der Waals surface area contributed by atoms with Crippen LogP contribution in [0.2, 0.25) is 0 Å². The van der Waals surface area contributed by atoms with Gasteiger partial charge in [-0.15, -0.1) is 0 Å². The molecule has 0 aromatic heterocycles. The van der Waals surface area contributed by atoms with E-state index in [4.69, 9.17) is 0 Å². The second-order valence-electron chi connectivity index (χ2n) is 5.81. The predicted molar refractivity (Wildman–Crippen MR) is 92.4 cm³/mol. The Morgan fingerprint density at radius 3 is 1.83 bits per heavy atom. The second kappa shape index (κ2) is 9.09. The third kappa shape index (κ3) is 5.21. The highest BCUT2D eigenvalue weighted by Crippen LogP contribution is 2.19. The summed E-state index contributed by atoms with van der Waals surface area (Å²) in [5.41, 5.74) is 2.38. The molecule has 1 N–H and O–H groups in total. The van der Waals surface area contributed by atoms with Gasteiger partial charge in [0.2, 0.25) is 0 Å². The smallest absolute Gasteiger partial charge is 0.155 e. The molecule has 0 spiro atoms. The molecule has 2 rings (SSSR count). The van der Waals surface area contributed by atoms with E-state index in [-0.39, 0.29) is 6.04 Å². The van der Waals surface area contributed by atoms with Gasteiger partial charge in [-0.1, -0.05) is 74.0 Å². The van der Waals surface area contributed by atoms with Gasteiger partial charge >= 0.3 is 0 Å². The lowest BCUT2D eigenvalue weighted by atomic mass is 10.0. The quantitative estimate of drug-likeness (QED) is 0.756. The van der Waals surface area contributed by atoms with Gasteiger partial charge in [0, 0.05) is 19.1 Å². The van der Waals surface area contributed by atoms with Gasteiger partial charge in [-0.2, -0.15) is 5.26 Å². The van der Waals surface area contributed by atoms with Gasteiger partial charge in [-0.25, -0.2) is 0 Å². The van der Waals surface area contributed by atoms with E-state index in [9.17, 15) is 10.4 Å². The Balaban J connectivity index is 2.23. The molecule has 0 unspecified atom stereocenters. The Bertz CT molecular complexity index is 565. The number of benzene rings is 2. The Morgan fingerprint density at radius 1 is 0.957 bits per heavy atom. The molecule has 0 saturated heterocycles. The van der Waals surface area contributed by atoms with E-state index in [2.05, 4.69) is 36.1 Å². The first kappa shape index (κ1) is 17.2. The van der Waals surface area contributed by atoms with Gasteiger partial charge in [0.1, 0.15) is 0 Å². The Kier molecular flexibility index (Phi) is 6.80. The summed E-state index contributed by atoms with van der Waals surface area (Å²) in [6, 6.07) is 22.3. The fourth-order valence-corrected chi connectivity index (χ4v) is 2.85. The molecule has 0 aliphatic rings. The van der Waals surface area contributed by atoms with E-state index in [0.717, 1.165) is 25.9 Å². The van der Waals surface area contributed by atoms with E-state index in [0.29, 0.717) is 0 Å². The van der Waals surface area contributed by atoms with E-state index in [1.807, 2.05) is 42.5 Å². The fourth-order valence-electron chi connectivity index (χ4n) is 2.85. The summed E-state index contributed by atoms with van der Waals surface area (Å²) in [6.45, 7) is 3.53. The second-order valence-corrected chi connectivity index (χ2v) is 5.81. The number of nitriles is 1. The van der Waals surface area contributed by atoms with Crippen LogP contribution in [-0.4, -0.2) is 22.2 Å². The van der Waals surface area contributed by atoms with Crippen molar-refractivity contribution in [3.8, 4) is 6.07 Å². The fraction of sp³-hybridized carbons (Fsp3) is 0.350. The highest BCUT2D eigenvalue weighted by molar-refractivity contribution is 5.17. The third-order valence-corrected chi connectivity index (χ3v) is 4.01. The molecule has 23 heavy (non-hydrogen) atoms. The van der Waals surface area contributed by atoms with Crippen LogP contribution in [0.5, 0.6) is 0 Å². The number of rotatable bonds is 8. The molecule has 0 fully saturated rings. The lowest BCUT2D eigenvalue weighted by molar-refractivity contribution is 0.0653. The first-order chi connectivity index (χ1) is 11.2. The number of hydrogen-bond acceptors (Lipinski definition) is 3. The van der Waals surface area contributed by atoms with Gasteiger partial charge in [-0.05, 0) is 17.5 Å².